The number of aliphatic hydroxyl groups excluding tert-OH is 2. The van der Waals surface area contributed by atoms with Gasteiger partial charge < -0.3 is 40.3 Å². The first-order valence-electron chi connectivity index (χ1n) is 7.89. The lowest BCUT2D eigenvalue weighted by molar-refractivity contribution is -0.226. The lowest BCUT2D eigenvalue weighted by Gasteiger charge is -2.38. The van der Waals surface area contributed by atoms with Crippen molar-refractivity contribution in [2.45, 2.75) is 50.0 Å². The zero-order valence-electron chi connectivity index (χ0n) is 14.7. The number of nitrogens with zero attached hydrogens (tertiary/aromatic N) is 1. The summed E-state index contributed by atoms with van der Waals surface area (Å²) < 4.78 is 36.4. The number of rotatable bonds is 7. The molecular weight excluding hydrogens is 408 g/mol. The molecule has 15 heteroatoms. The van der Waals surface area contributed by atoms with Crippen LogP contribution in [-0.4, -0.2) is 84.9 Å². The molecule has 0 radical (unpaired) electrons. The number of halogens is 1. The summed E-state index contributed by atoms with van der Waals surface area (Å²) in [6.07, 6.45) is -3.81. The van der Waals surface area contributed by atoms with Gasteiger partial charge in [-0.2, -0.15) is 0 Å². The molecule has 0 aromatic heterocycles. The Morgan fingerprint density at radius 3 is 2.71 bits per heavy atom. The van der Waals surface area contributed by atoms with Gasteiger partial charge in [-0.05, 0) is 13.8 Å². The molecule has 160 valence electrons. The predicted octanol–water partition coefficient (Wildman–Crippen LogP) is -2.48. The molecule has 28 heavy (non-hydrogen) atoms. The van der Waals surface area contributed by atoms with Crippen molar-refractivity contribution in [2.75, 3.05) is 6.61 Å². The summed E-state index contributed by atoms with van der Waals surface area (Å²) in [4.78, 5) is 32.3. The van der Waals surface area contributed by atoms with Gasteiger partial charge in [-0.1, -0.05) is 0 Å². The third-order valence-electron chi connectivity index (χ3n) is 4.16. The van der Waals surface area contributed by atoms with E-state index in [1.54, 1.807) is 5.09 Å². The van der Waals surface area contributed by atoms with Gasteiger partial charge in [0.1, 0.15) is 24.4 Å². The molecule has 1 amide bonds. The van der Waals surface area contributed by atoms with Crippen LogP contribution in [-0.2, 0) is 23.4 Å². The number of carbonyl (C=O) groups excluding carboxylic acids is 1. The molecule has 0 saturated carbocycles. The van der Waals surface area contributed by atoms with Crippen LogP contribution in [0.1, 0.15) is 13.8 Å². The van der Waals surface area contributed by atoms with Crippen molar-refractivity contribution in [3.63, 3.8) is 0 Å². The van der Waals surface area contributed by atoms with Crippen LogP contribution in [0.3, 0.4) is 0 Å². The van der Waals surface area contributed by atoms with E-state index in [0.717, 1.165) is 31.0 Å². The molecule has 1 fully saturated rings. The molecule has 3 unspecified atom stereocenters. The van der Waals surface area contributed by atoms with Crippen LogP contribution < -0.4 is 10.4 Å². The number of carboxylic acid groups (broad SMARTS) is 1. The first kappa shape index (κ1) is 22.6. The Morgan fingerprint density at radius 2 is 2.18 bits per heavy atom. The van der Waals surface area contributed by atoms with Crippen molar-refractivity contribution in [2.24, 2.45) is 0 Å². The molecule has 0 aliphatic carbocycles. The minimum Gasteiger partial charge on any atom is -0.480 e. The van der Waals surface area contributed by atoms with Gasteiger partial charge in [-0.3, -0.25) is 14.1 Å². The van der Waals surface area contributed by atoms with E-state index in [2.05, 4.69) is 9.84 Å². The second-order valence-electron chi connectivity index (χ2n) is 6.51. The Morgan fingerprint density at radius 1 is 1.57 bits per heavy atom. The first-order valence-corrected chi connectivity index (χ1v) is 9.47. The summed E-state index contributed by atoms with van der Waals surface area (Å²) in [6.45, 7) is 0.651. The second kappa shape index (κ2) is 7.65. The fraction of sp³-hybridized carbons (Fsp3) is 0.692. The van der Waals surface area contributed by atoms with Crippen LogP contribution >= 0.6 is 7.75 Å². The number of amides is 1. The predicted molar refractivity (Wildman–Crippen MR) is 86.5 cm³/mol. The van der Waals surface area contributed by atoms with Crippen LogP contribution in [0.2, 0.25) is 0 Å². The van der Waals surface area contributed by atoms with Crippen LogP contribution in [0.25, 0.3) is 0 Å². The third-order valence-corrected chi connectivity index (χ3v) is 5.35. The number of hydrogen-bond acceptors (Lipinski definition) is 9. The molecule has 7 atom stereocenters. The smallest absolute Gasteiger partial charge is 0.403 e. The Balaban J connectivity index is 2.15. The summed E-state index contributed by atoms with van der Waals surface area (Å²) in [5, 5.41) is 43.0. The largest absolute Gasteiger partial charge is 0.480 e. The highest BCUT2D eigenvalue weighted by molar-refractivity contribution is 7.50. The van der Waals surface area contributed by atoms with E-state index in [0.29, 0.717) is 0 Å². The molecular formula is C13H21FN3O10P. The van der Waals surface area contributed by atoms with E-state index >= 15 is 4.39 Å². The molecule has 2 aliphatic heterocycles. The van der Waals surface area contributed by atoms with Crippen LogP contribution in [0.4, 0.5) is 4.39 Å². The van der Waals surface area contributed by atoms with Crippen molar-refractivity contribution < 1.29 is 53.1 Å². The Hall–Kier alpha value is -1.64. The maximum absolute atomic E-state index is 15.1. The fourth-order valence-electron chi connectivity index (χ4n) is 2.62. The van der Waals surface area contributed by atoms with E-state index in [9.17, 15) is 34.4 Å². The van der Waals surface area contributed by atoms with E-state index in [-0.39, 0.29) is 0 Å². The number of nitrogens with one attached hydrogen (secondary N) is 2. The highest BCUT2D eigenvalue weighted by Crippen LogP contribution is 2.45. The van der Waals surface area contributed by atoms with Crippen molar-refractivity contribution in [3.8, 4) is 0 Å². The average molecular weight is 429 g/mol. The molecule has 0 spiro atoms. The Labute approximate surface area is 157 Å². The third kappa shape index (κ3) is 4.50. The molecule has 2 heterocycles. The van der Waals surface area contributed by atoms with Crippen LogP contribution in [0, 0.1) is 0 Å². The first-order chi connectivity index (χ1) is 12.7. The van der Waals surface area contributed by atoms with Gasteiger partial charge in [0, 0.05) is 12.3 Å². The minimum atomic E-state index is -4.82. The summed E-state index contributed by atoms with van der Waals surface area (Å²) in [5.41, 5.74) is -2.35. The fourth-order valence-corrected chi connectivity index (χ4v) is 3.65. The second-order valence-corrected chi connectivity index (χ2v) is 8.07. The number of aliphatic hydroxyl groups is 3. The SMILES string of the molecule is CC(NP(=O)(O)OC[C@@]1(F)O[C@H](N2C=CC(=O)NC2O)[C@](C)(O)[C@@H]1O)C(=O)O. The van der Waals surface area contributed by atoms with Crippen molar-refractivity contribution in [3.05, 3.63) is 12.3 Å². The molecule has 0 bridgehead atoms. The molecule has 7 N–H and O–H groups in total. The molecule has 1 saturated heterocycles. The van der Waals surface area contributed by atoms with Crippen LogP contribution in [0.15, 0.2) is 12.3 Å². The number of carboxylic acids is 1. The summed E-state index contributed by atoms with van der Waals surface area (Å²) in [6, 6.07) is -1.51. The van der Waals surface area contributed by atoms with Gasteiger partial charge in [0.05, 0.1) is 0 Å². The molecule has 13 nitrogen and oxygen atoms in total. The van der Waals surface area contributed by atoms with Gasteiger partial charge >= 0.3 is 13.7 Å². The maximum Gasteiger partial charge on any atom is 0.403 e. The van der Waals surface area contributed by atoms with E-state index in [1.165, 1.54) is 0 Å². The quantitative estimate of drug-likeness (QED) is 0.211. The number of alkyl halides is 1. The van der Waals surface area contributed by atoms with Crippen LogP contribution in [0.5, 0.6) is 0 Å². The average Bonchev–Trinajstić information content (AvgIpc) is 2.74. The number of ether oxygens (including phenoxy) is 1. The highest BCUT2D eigenvalue weighted by atomic mass is 31.2. The number of hydrogen-bond donors (Lipinski definition) is 7. The highest BCUT2D eigenvalue weighted by Gasteiger charge is 2.64. The normalized spacial score (nSPS) is 38.8. The topological polar surface area (TPSA) is 198 Å². The summed E-state index contributed by atoms with van der Waals surface area (Å²) in [7, 11) is -4.82. The molecule has 0 aromatic rings. The monoisotopic (exact) mass is 429 g/mol. The molecule has 2 rings (SSSR count). The van der Waals surface area contributed by atoms with Gasteiger partial charge in [-0.15, -0.1) is 0 Å². The summed E-state index contributed by atoms with van der Waals surface area (Å²) in [5.74, 6) is -5.35. The van der Waals surface area contributed by atoms with Crippen molar-refractivity contribution >= 4 is 19.6 Å². The zero-order chi connectivity index (χ0) is 21.5. The number of aliphatic carboxylic acids is 1. The van der Waals surface area contributed by atoms with E-state index in [4.69, 9.17) is 9.84 Å². The minimum absolute atomic E-state index is 0.670. The van der Waals surface area contributed by atoms with E-state index < -0.39 is 62.4 Å². The zero-order valence-corrected chi connectivity index (χ0v) is 15.6. The van der Waals surface area contributed by atoms with Gasteiger partial charge in [0.15, 0.2) is 6.23 Å². The standard InChI is InChI=1S/C13H21FN3O10P/c1-6(8(19)20)16-28(24,25)26-5-13(14)9(21)12(2,23)10(27-13)17-4-3-7(18)15-11(17)22/h3-4,6,9-11,21-23H,5H2,1-2H3,(H,15,18)(H,19,20)(H2,16,24,25)/t6?,9-,10-,11?,12+,13+/m0/s1. The lowest BCUT2D eigenvalue weighted by Crippen LogP contribution is -2.59. The Kier molecular flexibility index (Phi) is 6.19. The van der Waals surface area contributed by atoms with E-state index in [1.807, 2.05) is 0 Å². The number of carbonyl (C=O) groups is 2. The molecule has 2 aliphatic rings. The maximum atomic E-state index is 15.1. The van der Waals surface area contributed by atoms with Gasteiger partial charge in [-0.25, -0.2) is 14.0 Å². The van der Waals surface area contributed by atoms with Crippen molar-refractivity contribution in [1.82, 2.24) is 15.3 Å². The molecule has 0 aromatic carbocycles. The lowest BCUT2D eigenvalue weighted by atomic mass is 9.95. The van der Waals surface area contributed by atoms with Gasteiger partial charge in [0.2, 0.25) is 12.3 Å². The van der Waals surface area contributed by atoms with Gasteiger partial charge in [0.25, 0.3) is 5.85 Å². The summed E-state index contributed by atoms with van der Waals surface area (Å²) >= 11 is 0. The van der Waals surface area contributed by atoms with Crippen molar-refractivity contribution in [1.29, 1.82) is 0 Å². The Bertz CT molecular complexity index is 721.